The molecular weight excluding hydrogens is 262 g/mol. The number of rotatable bonds is 4. The summed E-state index contributed by atoms with van der Waals surface area (Å²) in [5.74, 6) is 0.169. The molecule has 2 aromatic heterocycles. The molecule has 0 amide bonds. The fourth-order valence-electron chi connectivity index (χ4n) is 2.39. The molecule has 98 valence electrons. The smallest absolute Gasteiger partial charge is 0.0842 e. The van der Waals surface area contributed by atoms with Crippen molar-refractivity contribution in [1.29, 1.82) is 0 Å². The Balaban J connectivity index is 2.12. The van der Waals surface area contributed by atoms with Crippen molar-refractivity contribution in [2.75, 3.05) is 0 Å². The molecule has 0 aliphatic heterocycles. The summed E-state index contributed by atoms with van der Waals surface area (Å²) >= 11 is 1.72. The maximum Gasteiger partial charge on any atom is 0.0842 e. The second-order valence-electron chi connectivity index (χ2n) is 4.54. The monoisotopic (exact) mass is 277 g/mol. The van der Waals surface area contributed by atoms with E-state index in [0.717, 1.165) is 5.69 Å². The highest BCUT2D eigenvalue weighted by atomic mass is 32.1. The maximum absolute atomic E-state index is 4.58. The summed E-state index contributed by atoms with van der Waals surface area (Å²) in [4.78, 5) is 5.78. The number of nitrogens with zero attached hydrogens (tertiary/aromatic N) is 1. The van der Waals surface area contributed by atoms with Crippen molar-refractivity contribution >= 4 is 11.3 Å². The van der Waals surface area contributed by atoms with Gasteiger partial charge in [0.1, 0.15) is 0 Å². The predicted molar refractivity (Wildman–Crippen MR) is 86.0 cm³/mol. The normalized spacial score (nSPS) is 12.0. The van der Waals surface area contributed by atoms with Crippen LogP contribution in [0.15, 0.2) is 78.8 Å². The first-order valence-electron chi connectivity index (χ1n) is 6.56. The van der Waals surface area contributed by atoms with Gasteiger partial charge < -0.3 is 0 Å². The molecule has 0 N–H and O–H groups in total. The molecule has 20 heavy (non-hydrogen) atoms. The van der Waals surface area contributed by atoms with Crippen LogP contribution in [0.3, 0.4) is 0 Å². The number of pyridine rings is 1. The minimum absolute atomic E-state index is 0.169. The van der Waals surface area contributed by atoms with E-state index in [2.05, 4.69) is 59.4 Å². The number of benzene rings is 1. The summed E-state index contributed by atoms with van der Waals surface area (Å²) in [6, 6.07) is 18.7. The molecule has 0 spiro atoms. The Hall–Kier alpha value is -2.19. The van der Waals surface area contributed by atoms with E-state index in [1.165, 1.54) is 16.0 Å². The quantitative estimate of drug-likeness (QED) is 0.603. The lowest BCUT2D eigenvalue weighted by molar-refractivity contribution is 1.02. The van der Waals surface area contributed by atoms with E-state index >= 15 is 0 Å². The molecule has 0 fully saturated rings. The summed E-state index contributed by atoms with van der Waals surface area (Å²) in [7, 11) is 0. The average molecular weight is 277 g/mol. The van der Waals surface area contributed by atoms with Gasteiger partial charge in [0.2, 0.25) is 0 Å². The van der Waals surface area contributed by atoms with Crippen LogP contribution >= 0.6 is 11.3 Å². The standard InChI is InChI=1S/C18H15NS/c1-2-15(14-8-4-3-5-9-14)16-10-6-12-19-18(16)17-11-7-13-20-17/h2-13,15H,1H2/t15-/m1/s1. The first-order chi connectivity index (χ1) is 9.90. The van der Waals surface area contributed by atoms with E-state index in [1.807, 2.05) is 24.4 Å². The van der Waals surface area contributed by atoms with Crippen LogP contribution in [0.2, 0.25) is 0 Å². The summed E-state index contributed by atoms with van der Waals surface area (Å²) in [5, 5.41) is 2.08. The van der Waals surface area contributed by atoms with Gasteiger partial charge in [0, 0.05) is 12.1 Å². The lowest BCUT2D eigenvalue weighted by atomic mass is 9.90. The molecule has 1 nitrogen and oxygen atoms in total. The fraction of sp³-hybridized carbons (Fsp3) is 0.0556. The zero-order valence-electron chi connectivity index (χ0n) is 11.1. The van der Waals surface area contributed by atoms with Gasteiger partial charge in [0.25, 0.3) is 0 Å². The minimum atomic E-state index is 0.169. The summed E-state index contributed by atoms with van der Waals surface area (Å²) in [6.07, 6.45) is 3.84. The Morgan fingerprint density at radius 1 is 1.00 bits per heavy atom. The third kappa shape index (κ3) is 2.43. The Morgan fingerprint density at radius 2 is 1.85 bits per heavy atom. The molecule has 0 unspecified atom stereocenters. The highest BCUT2D eigenvalue weighted by molar-refractivity contribution is 7.13. The van der Waals surface area contributed by atoms with Crippen molar-refractivity contribution in [3.05, 3.63) is 90.0 Å². The van der Waals surface area contributed by atoms with E-state index in [9.17, 15) is 0 Å². The van der Waals surface area contributed by atoms with Gasteiger partial charge in [-0.2, -0.15) is 0 Å². The van der Waals surface area contributed by atoms with E-state index < -0.39 is 0 Å². The van der Waals surface area contributed by atoms with Crippen molar-refractivity contribution in [2.24, 2.45) is 0 Å². The van der Waals surface area contributed by atoms with E-state index in [-0.39, 0.29) is 5.92 Å². The molecule has 0 radical (unpaired) electrons. The van der Waals surface area contributed by atoms with E-state index in [4.69, 9.17) is 0 Å². The van der Waals surface area contributed by atoms with Gasteiger partial charge in [-0.05, 0) is 28.6 Å². The SMILES string of the molecule is C=C[C@H](c1ccccc1)c1cccnc1-c1cccs1. The van der Waals surface area contributed by atoms with Crippen molar-refractivity contribution in [1.82, 2.24) is 4.98 Å². The first-order valence-corrected chi connectivity index (χ1v) is 7.44. The van der Waals surface area contributed by atoms with Crippen molar-refractivity contribution in [2.45, 2.75) is 5.92 Å². The van der Waals surface area contributed by atoms with Crippen LogP contribution < -0.4 is 0 Å². The lowest BCUT2D eigenvalue weighted by Crippen LogP contribution is -2.00. The van der Waals surface area contributed by atoms with Crippen molar-refractivity contribution in [3.8, 4) is 10.6 Å². The molecule has 3 rings (SSSR count). The number of hydrogen-bond acceptors (Lipinski definition) is 2. The zero-order chi connectivity index (χ0) is 13.8. The lowest BCUT2D eigenvalue weighted by Gasteiger charge is -2.16. The molecule has 0 saturated carbocycles. The molecule has 0 bridgehead atoms. The van der Waals surface area contributed by atoms with Gasteiger partial charge in [-0.3, -0.25) is 4.98 Å². The molecule has 0 aliphatic carbocycles. The molecule has 0 saturated heterocycles. The molecule has 0 aliphatic rings. The van der Waals surface area contributed by atoms with Crippen LogP contribution in [0.4, 0.5) is 0 Å². The van der Waals surface area contributed by atoms with Gasteiger partial charge in [0.15, 0.2) is 0 Å². The summed E-state index contributed by atoms with van der Waals surface area (Å²) < 4.78 is 0. The van der Waals surface area contributed by atoms with Crippen LogP contribution in [0.1, 0.15) is 17.0 Å². The van der Waals surface area contributed by atoms with Crippen molar-refractivity contribution in [3.63, 3.8) is 0 Å². The molecule has 3 aromatic rings. The molecule has 1 aromatic carbocycles. The van der Waals surface area contributed by atoms with Crippen LogP contribution in [0.5, 0.6) is 0 Å². The Kier molecular flexibility index (Phi) is 3.75. The summed E-state index contributed by atoms with van der Waals surface area (Å²) in [6.45, 7) is 4.01. The third-order valence-electron chi connectivity index (χ3n) is 3.32. The fourth-order valence-corrected chi connectivity index (χ4v) is 3.13. The van der Waals surface area contributed by atoms with Gasteiger partial charge in [0.05, 0.1) is 10.6 Å². The zero-order valence-corrected chi connectivity index (χ0v) is 11.9. The first kappa shape index (κ1) is 12.8. The number of hydrogen-bond donors (Lipinski definition) is 0. The number of allylic oxidation sites excluding steroid dienone is 1. The molecule has 1 atom stereocenters. The van der Waals surface area contributed by atoms with Crippen molar-refractivity contribution < 1.29 is 0 Å². The second-order valence-corrected chi connectivity index (χ2v) is 5.49. The van der Waals surface area contributed by atoms with Crippen LogP contribution in [0, 0.1) is 0 Å². The van der Waals surface area contributed by atoms with Crippen LogP contribution in [-0.2, 0) is 0 Å². The topological polar surface area (TPSA) is 12.9 Å². The van der Waals surface area contributed by atoms with Gasteiger partial charge >= 0.3 is 0 Å². The van der Waals surface area contributed by atoms with Crippen LogP contribution in [0.25, 0.3) is 10.6 Å². The van der Waals surface area contributed by atoms with Crippen LogP contribution in [-0.4, -0.2) is 4.98 Å². The second kappa shape index (κ2) is 5.85. The largest absolute Gasteiger partial charge is 0.255 e. The third-order valence-corrected chi connectivity index (χ3v) is 4.20. The number of thiophene rings is 1. The summed E-state index contributed by atoms with van der Waals surface area (Å²) in [5.41, 5.74) is 3.50. The Bertz CT molecular complexity index is 686. The highest BCUT2D eigenvalue weighted by Gasteiger charge is 2.16. The molecule has 2 heteroatoms. The van der Waals surface area contributed by atoms with E-state index in [0.29, 0.717) is 0 Å². The molecule has 2 heterocycles. The Morgan fingerprint density at radius 3 is 2.55 bits per heavy atom. The Labute approximate surface area is 123 Å². The van der Waals surface area contributed by atoms with Gasteiger partial charge in [-0.25, -0.2) is 0 Å². The van der Waals surface area contributed by atoms with Gasteiger partial charge in [-0.1, -0.05) is 48.5 Å². The average Bonchev–Trinajstić information content (AvgIpc) is 3.04. The predicted octanol–water partition coefficient (Wildman–Crippen LogP) is 5.13. The minimum Gasteiger partial charge on any atom is -0.255 e. The van der Waals surface area contributed by atoms with E-state index in [1.54, 1.807) is 11.3 Å². The highest BCUT2D eigenvalue weighted by Crippen LogP contribution is 2.34. The van der Waals surface area contributed by atoms with Gasteiger partial charge in [-0.15, -0.1) is 17.9 Å². The molecular formula is C18H15NS. The maximum atomic E-state index is 4.58. The number of aromatic nitrogens is 1.